The minimum absolute atomic E-state index is 0.229. The van der Waals surface area contributed by atoms with Crippen molar-refractivity contribution in [2.24, 2.45) is 0 Å². The average Bonchev–Trinajstić information content (AvgIpc) is 3.21. The predicted molar refractivity (Wildman–Crippen MR) is 98.1 cm³/mol. The second-order valence-corrected chi connectivity index (χ2v) is 7.15. The third-order valence-electron chi connectivity index (χ3n) is 4.46. The van der Waals surface area contributed by atoms with Gasteiger partial charge >= 0.3 is 5.97 Å². The number of esters is 1. The highest BCUT2D eigenvalue weighted by molar-refractivity contribution is 7.16. The van der Waals surface area contributed by atoms with Gasteiger partial charge in [0.05, 0.1) is 17.7 Å². The molecule has 2 aromatic heterocycles. The molecule has 0 spiro atoms. The number of aromatic nitrogens is 3. The summed E-state index contributed by atoms with van der Waals surface area (Å²) in [6.07, 6.45) is 4.31. The van der Waals surface area contributed by atoms with Crippen LogP contribution in [0, 0.1) is 0 Å². The maximum absolute atomic E-state index is 12.5. The molecule has 2 heterocycles. The minimum atomic E-state index is -0.229. The number of anilines is 1. The Morgan fingerprint density at radius 3 is 3.04 bits per heavy atom. The minimum Gasteiger partial charge on any atom is -0.462 e. The van der Waals surface area contributed by atoms with Gasteiger partial charge in [-0.15, -0.1) is 16.4 Å². The summed E-state index contributed by atoms with van der Waals surface area (Å²) in [4.78, 5) is 13.8. The summed E-state index contributed by atoms with van der Waals surface area (Å²) < 4.78 is 7.10. The molecule has 1 aliphatic rings. The Morgan fingerprint density at radius 2 is 2.16 bits per heavy atom. The van der Waals surface area contributed by atoms with Gasteiger partial charge in [0.25, 0.3) is 0 Å². The monoisotopic (exact) mass is 356 g/mol. The Balaban J connectivity index is 1.63. The van der Waals surface area contributed by atoms with Crippen LogP contribution in [0.5, 0.6) is 0 Å². The molecule has 0 saturated heterocycles. The van der Waals surface area contributed by atoms with E-state index in [4.69, 9.17) is 4.74 Å². The Labute approximate surface area is 149 Å². The Kier molecular flexibility index (Phi) is 4.40. The molecule has 130 valence electrons. The molecule has 0 saturated carbocycles. The van der Waals surface area contributed by atoms with Crippen molar-refractivity contribution < 1.29 is 9.53 Å². The van der Waals surface area contributed by atoms with Gasteiger partial charge in [0, 0.05) is 4.88 Å². The number of para-hydroxylation sites is 1. The van der Waals surface area contributed by atoms with Crippen LogP contribution in [-0.2, 0) is 24.2 Å². The Bertz CT molecular complexity index is 915. The molecule has 0 unspecified atom stereocenters. The van der Waals surface area contributed by atoms with Gasteiger partial charge in [-0.1, -0.05) is 17.3 Å². The topological polar surface area (TPSA) is 69.0 Å². The number of fused-ring (bicyclic) bond motifs is 2. The van der Waals surface area contributed by atoms with E-state index in [1.54, 1.807) is 11.3 Å². The van der Waals surface area contributed by atoms with Crippen LogP contribution in [0.2, 0.25) is 0 Å². The number of carbonyl (C=O) groups excluding carboxylic acids is 1. The molecule has 4 rings (SSSR count). The molecule has 3 aromatic rings. The first-order chi connectivity index (χ1) is 12.3. The van der Waals surface area contributed by atoms with E-state index in [-0.39, 0.29) is 5.97 Å². The van der Waals surface area contributed by atoms with Crippen molar-refractivity contribution in [2.75, 3.05) is 11.9 Å². The Hall–Kier alpha value is -2.41. The molecule has 0 amide bonds. The SMILES string of the molecule is CCOC(=O)c1c(NCn2nnc3ccccc32)sc2c1CCCC2. The number of nitrogens with one attached hydrogen (secondary N) is 1. The van der Waals surface area contributed by atoms with Crippen molar-refractivity contribution in [2.45, 2.75) is 39.3 Å². The summed E-state index contributed by atoms with van der Waals surface area (Å²) in [5, 5.41) is 12.6. The molecule has 1 aromatic carbocycles. The fraction of sp³-hybridized carbons (Fsp3) is 0.389. The van der Waals surface area contributed by atoms with Crippen molar-refractivity contribution in [3.05, 3.63) is 40.3 Å². The van der Waals surface area contributed by atoms with Gasteiger partial charge in [-0.2, -0.15) is 0 Å². The molecular formula is C18H20N4O2S. The highest BCUT2D eigenvalue weighted by Gasteiger charge is 2.26. The van der Waals surface area contributed by atoms with Crippen LogP contribution in [0.4, 0.5) is 5.00 Å². The number of hydrogen-bond donors (Lipinski definition) is 1. The third-order valence-corrected chi connectivity index (χ3v) is 5.71. The van der Waals surface area contributed by atoms with E-state index in [2.05, 4.69) is 15.6 Å². The van der Waals surface area contributed by atoms with Crippen molar-refractivity contribution in [3.8, 4) is 0 Å². The van der Waals surface area contributed by atoms with Gasteiger partial charge < -0.3 is 10.1 Å². The van der Waals surface area contributed by atoms with Crippen LogP contribution in [0.3, 0.4) is 0 Å². The number of nitrogens with zero attached hydrogens (tertiary/aromatic N) is 3. The molecule has 6 nitrogen and oxygen atoms in total. The third kappa shape index (κ3) is 3.00. The first-order valence-electron chi connectivity index (χ1n) is 8.61. The summed E-state index contributed by atoms with van der Waals surface area (Å²) in [5.41, 5.74) is 3.71. The lowest BCUT2D eigenvalue weighted by Crippen LogP contribution is -2.14. The van der Waals surface area contributed by atoms with Gasteiger partial charge in [-0.25, -0.2) is 9.48 Å². The molecule has 0 atom stereocenters. The van der Waals surface area contributed by atoms with Gasteiger partial charge in [0.1, 0.15) is 17.2 Å². The fourth-order valence-electron chi connectivity index (χ4n) is 3.29. The normalized spacial score (nSPS) is 13.6. The number of hydrogen-bond acceptors (Lipinski definition) is 6. The molecule has 25 heavy (non-hydrogen) atoms. The van der Waals surface area contributed by atoms with Crippen molar-refractivity contribution in [1.82, 2.24) is 15.0 Å². The first kappa shape index (κ1) is 16.1. The highest BCUT2D eigenvalue weighted by Crippen LogP contribution is 2.38. The van der Waals surface area contributed by atoms with Crippen LogP contribution in [0.15, 0.2) is 24.3 Å². The van der Waals surface area contributed by atoms with Gasteiger partial charge in [-0.3, -0.25) is 0 Å². The van der Waals surface area contributed by atoms with Crippen LogP contribution in [0.25, 0.3) is 11.0 Å². The van der Waals surface area contributed by atoms with E-state index in [1.165, 1.54) is 16.9 Å². The number of rotatable bonds is 5. The van der Waals surface area contributed by atoms with Gasteiger partial charge in [-0.05, 0) is 50.3 Å². The summed E-state index contributed by atoms with van der Waals surface area (Å²) in [6.45, 7) is 2.69. The Morgan fingerprint density at radius 1 is 1.32 bits per heavy atom. The lowest BCUT2D eigenvalue weighted by molar-refractivity contribution is 0.0526. The largest absolute Gasteiger partial charge is 0.462 e. The number of ether oxygens (including phenoxy) is 1. The van der Waals surface area contributed by atoms with Gasteiger partial charge in [0.2, 0.25) is 0 Å². The molecule has 1 aliphatic carbocycles. The molecule has 0 fully saturated rings. The van der Waals surface area contributed by atoms with Gasteiger partial charge in [0.15, 0.2) is 0 Å². The zero-order chi connectivity index (χ0) is 17.2. The highest BCUT2D eigenvalue weighted by atomic mass is 32.1. The summed E-state index contributed by atoms with van der Waals surface area (Å²) in [7, 11) is 0. The number of thiophene rings is 1. The molecule has 0 radical (unpaired) electrons. The van der Waals surface area contributed by atoms with E-state index < -0.39 is 0 Å². The number of aryl methyl sites for hydroxylation is 1. The zero-order valence-corrected chi connectivity index (χ0v) is 14.9. The summed E-state index contributed by atoms with van der Waals surface area (Å²) in [6, 6.07) is 7.84. The van der Waals surface area contributed by atoms with E-state index in [0.29, 0.717) is 18.8 Å². The standard InChI is InChI=1S/C18H20N4O2S/c1-2-24-18(23)16-12-7-3-6-10-15(12)25-17(16)19-11-22-14-9-5-4-8-13(14)20-21-22/h4-5,8-9,19H,2-3,6-7,10-11H2,1H3. The second-order valence-electron chi connectivity index (χ2n) is 6.05. The molecule has 1 N–H and O–H groups in total. The van der Waals surface area contributed by atoms with E-state index >= 15 is 0 Å². The van der Waals surface area contributed by atoms with E-state index in [0.717, 1.165) is 35.3 Å². The van der Waals surface area contributed by atoms with Crippen LogP contribution < -0.4 is 5.32 Å². The van der Waals surface area contributed by atoms with Crippen molar-refractivity contribution in [1.29, 1.82) is 0 Å². The smallest absolute Gasteiger partial charge is 0.341 e. The molecular weight excluding hydrogens is 336 g/mol. The maximum atomic E-state index is 12.5. The van der Waals surface area contributed by atoms with Crippen molar-refractivity contribution >= 4 is 33.3 Å². The zero-order valence-electron chi connectivity index (χ0n) is 14.1. The van der Waals surface area contributed by atoms with Crippen LogP contribution >= 0.6 is 11.3 Å². The van der Waals surface area contributed by atoms with E-state index in [1.807, 2.05) is 35.9 Å². The van der Waals surface area contributed by atoms with E-state index in [9.17, 15) is 4.79 Å². The summed E-state index contributed by atoms with van der Waals surface area (Å²) >= 11 is 1.67. The van der Waals surface area contributed by atoms with Crippen LogP contribution in [0.1, 0.15) is 40.6 Å². The first-order valence-corrected chi connectivity index (χ1v) is 9.43. The molecule has 0 aliphatic heterocycles. The number of benzene rings is 1. The predicted octanol–water partition coefficient (Wildman–Crippen LogP) is 3.62. The summed E-state index contributed by atoms with van der Waals surface area (Å²) in [5.74, 6) is -0.229. The quantitative estimate of drug-likeness (QED) is 0.707. The molecule has 0 bridgehead atoms. The van der Waals surface area contributed by atoms with Crippen molar-refractivity contribution in [3.63, 3.8) is 0 Å². The lowest BCUT2D eigenvalue weighted by Gasteiger charge is -2.12. The maximum Gasteiger partial charge on any atom is 0.341 e. The molecule has 7 heteroatoms. The number of carbonyl (C=O) groups is 1. The van der Waals surface area contributed by atoms with Crippen LogP contribution in [-0.4, -0.2) is 27.6 Å². The second kappa shape index (κ2) is 6.84. The lowest BCUT2D eigenvalue weighted by atomic mass is 9.95. The average molecular weight is 356 g/mol. The fourth-order valence-corrected chi connectivity index (χ4v) is 4.56.